The van der Waals surface area contributed by atoms with Gasteiger partial charge in [-0.25, -0.2) is 9.59 Å². The summed E-state index contributed by atoms with van der Waals surface area (Å²) in [4.78, 5) is 45.8. The fourth-order valence-electron chi connectivity index (χ4n) is 11.4. The first-order valence-electron chi connectivity index (χ1n) is 46.0. The molecule has 9 heterocycles. The summed E-state index contributed by atoms with van der Waals surface area (Å²) in [6, 6.07) is 49.9. The maximum atomic E-state index is 12.2. The number of nitriles is 1. The number of allylic oxidation sites excluding steroid dienone is 4. The van der Waals surface area contributed by atoms with Crippen molar-refractivity contribution in [2.24, 2.45) is 13.0 Å². The summed E-state index contributed by atoms with van der Waals surface area (Å²) >= 11 is 0. The van der Waals surface area contributed by atoms with Gasteiger partial charge in [0.25, 0.3) is 5.91 Å². The first-order valence-corrected chi connectivity index (χ1v) is 46.0. The van der Waals surface area contributed by atoms with E-state index in [1.54, 1.807) is 69.6 Å². The second kappa shape index (κ2) is 63.2. The van der Waals surface area contributed by atoms with E-state index in [4.69, 9.17) is 45.3 Å². The molecule has 0 spiro atoms. The molecule has 0 aliphatic heterocycles. The van der Waals surface area contributed by atoms with E-state index < -0.39 is 35.4 Å². The molecule has 23 heteroatoms. The number of ether oxygens (including phenoxy) is 2. The Labute approximate surface area is 818 Å². The van der Waals surface area contributed by atoms with Crippen LogP contribution in [-0.2, 0) is 28.1 Å². The van der Waals surface area contributed by atoms with Crippen molar-refractivity contribution in [1.29, 1.82) is 5.26 Å². The van der Waals surface area contributed by atoms with Crippen molar-refractivity contribution in [2.75, 3.05) is 27.8 Å². The first-order chi connectivity index (χ1) is 62.1. The maximum Gasteiger partial charge on any atom is 0.416 e. The summed E-state index contributed by atoms with van der Waals surface area (Å²) in [5.74, 6) is 17.0. The van der Waals surface area contributed by atoms with Gasteiger partial charge in [0.2, 0.25) is 11.5 Å². The number of aromatic nitrogens is 1. The molecule has 12 rings (SSSR count). The lowest BCUT2D eigenvalue weighted by Crippen LogP contribution is -2.20. The molecule has 0 saturated carbocycles. The fourth-order valence-corrected chi connectivity index (χ4v) is 11.4. The van der Waals surface area contributed by atoms with Gasteiger partial charge in [0.1, 0.15) is 69.1 Å². The largest absolute Gasteiger partial charge is 0.466 e. The molecular weight excluding hydrogens is 1750 g/mol. The average molecular weight is 1920 g/mol. The molecule has 0 atom stereocenters. The number of alkyl halides is 6. The van der Waals surface area contributed by atoms with Crippen molar-refractivity contribution in [3.05, 3.63) is 307 Å². The van der Waals surface area contributed by atoms with Crippen LogP contribution < -0.4 is 0 Å². The second-order valence-corrected chi connectivity index (χ2v) is 37.4. The van der Waals surface area contributed by atoms with Crippen LogP contribution in [0.3, 0.4) is 0 Å². The number of hydrogen-bond acceptors (Lipinski definition) is 15. The number of carbonyl (C=O) groups excluding carboxylic acids is 4. The molecule has 0 radical (unpaired) electrons. The third-order valence-corrected chi connectivity index (χ3v) is 20.1. The smallest absolute Gasteiger partial charge is 0.416 e. The van der Waals surface area contributed by atoms with Gasteiger partial charge >= 0.3 is 24.3 Å². The molecule has 0 saturated heterocycles. The van der Waals surface area contributed by atoms with Gasteiger partial charge in [-0.05, 0) is 203 Å². The Morgan fingerprint density at radius 1 is 0.416 bits per heavy atom. The molecule has 137 heavy (non-hydrogen) atoms. The quantitative estimate of drug-likeness (QED) is 0.0469. The minimum atomic E-state index is -4.23. The average Bonchev–Trinajstić information content (AvgIpc) is 1.80. The van der Waals surface area contributed by atoms with Crippen molar-refractivity contribution < 1.29 is 90.3 Å². The van der Waals surface area contributed by atoms with Gasteiger partial charge in [-0.1, -0.05) is 257 Å². The highest BCUT2D eigenvalue weighted by atomic mass is 19.4. The fraction of sp³-hybridized carbons (Fsp3) is 0.500. The zero-order valence-electron chi connectivity index (χ0n) is 86.8. The van der Waals surface area contributed by atoms with Crippen LogP contribution in [0.15, 0.2) is 216 Å². The van der Waals surface area contributed by atoms with E-state index in [1.807, 2.05) is 177 Å². The molecule has 764 valence electrons. The van der Waals surface area contributed by atoms with Crippen LogP contribution >= 0.6 is 0 Å². The minimum absolute atomic E-state index is 0. The number of Topliss-reactive ketones (excluding diaryl/α,β-unsaturated/α-hetero) is 1. The molecule has 0 bridgehead atoms. The summed E-state index contributed by atoms with van der Waals surface area (Å²) in [7, 11) is 6.87. The van der Waals surface area contributed by atoms with Gasteiger partial charge in [-0.15, -0.1) is 0 Å². The standard InChI is InChI=1S/C11H18O.C10H11F3.C10H15NO2.C10H11N.C10H14O3.C9H11F3.C9H15N.C9H12O3.C9H12O2.3C8H12O.3CH4/c1-8(2)9-6-7-10(12-9)11(3,4)5;1-7(2)8-4-3-5-9(6-8)10(11,12)13;1-7(2)8-5-6-9(13-8)10(12)11(3)4;1-8(2)10-5-3-4-9(6-10)7-11;1-4-12-10(11)9-6-5-8(13-9)7(2)3;1-6(2)7-3-4-8(5-7)9(10,11)12;1-7(2)9-6-5-8(3)10(9)4;1-6(2)7-4-5-8(12-7)9(10)11-3;1-6(2)8-4-5-9(11-8)7(3)10;3*1-6(2)8-5-4-7(3)9-8;;;/h6-8H,1-5H3;3-7H,1-2H3;5-7H,1-4H3;3-6,8H,1-2H3;5-7H,4H2,1-3H3;3-4,6H,5H2,1-2H3;5-7H,1-4H3;4-6H,1-3H3;4-6H,1-3H3;3*4-6H,1-3H3;3*1H4. The molecule has 17 nitrogen and oxygen atoms in total. The molecule has 0 fully saturated rings. The highest BCUT2D eigenvalue weighted by Crippen LogP contribution is 2.37. The van der Waals surface area contributed by atoms with Crippen LogP contribution in [0.4, 0.5) is 26.3 Å². The van der Waals surface area contributed by atoms with Gasteiger partial charge in [-0.2, -0.15) is 31.6 Å². The number of aryl methyl sites for hydroxylation is 4. The van der Waals surface area contributed by atoms with Gasteiger partial charge in [-0.3, -0.25) is 9.59 Å². The minimum Gasteiger partial charge on any atom is -0.466 e. The number of methoxy groups -OCH3 is 1. The number of rotatable bonds is 17. The van der Waals surface area contributed by atoms with Gasteiger partial charge < -0.3 is 54.3 Å². The summed E-state index contributed by atoms with van der Waals surface area (Å²) in [5.41, 5.74) is 5.44. The Hall–Kier alpha value is -11.4. The predicted molar refractivity (Wildman–Crippen MR) is 547 cm³/mol. The zero-order valence-corrected chi connectivity index (χ0v) is 86.8. The van der Waals surface area contributed by atoms with Gasteiger partial charge in [0.05, 0.1) is 30.9 Å². The Kier molecular flexibility index (Phi) is 59.8. The van der Waals surface area contributed by atoms with Crippen molar-refractivity contribution in [3.63, 3.8) is 0 Å². The SMILES string of the molecule is C.C.C.CC(=O)c1ccc(C(C)C)o1.CC(C)C1=CC=C(C(F)(F)F)C1.CC(C)c1ccc(C(=O)N(C)C)o1.CC(C)c1ccc(C(C)(C)C)o1.CC(C)c1cccc(C#N)c1.CC(C)c1cccc(C(F)(F)F)c1.CCOC(=O)c1ccc(C(C)C)o1.COC(=O)c1ccc(C(C)C)o1.Cc1ccc(C(C)C)n1C.Cc1ccc(C(C)C)o1.Cc1ccc(C(C)C)o1.Cc1ccc(C(C)C)o1. The van der Waals surface area contributed by atoms with Crippen LogP contribution in [0, 0.1) is 44.9 Å². The number of ketones is 1. The topological polar surface area (TPSA) is 224 Å². The van der Waals surface area contributed by atoms with Crippen LogP contribution in [0.2, 0.25) is 0 Å². The summed E-state index contributed by atoms with van der Waals surface area (Å²) < 4.78 is 127. The number of nitrogens with zero attached hydrogens (tertiary/aromatic N) is 3. The number of carbonyl (C=O) groups is 4. The molecule has 9 aromatic heterocycles. The van der Waals surface area contributed by atoms with E-state index in [-0.39, 0.29) is 69.2 Å². The normalized spacial score (nSPS) is 11.3. The van der Waals surface area contributed by atoms with E-state index in [2.05, 4.69) is 157 Å². The van der Waals surface area contributed by atoms with Crippen molar-refractivity contribution >= 4 is 23.6 Å². The number of furan rings is 8. The van der Waals surface area contributed by atoms with Crippen molar-refractivity contribution in [1.82, 2.24) is 9.47 Å². The van der Waals surface area contributed by atoms with E-state index >= 15 is 0 Å². The Morgan fingerprint density at radius 3 is 1.02 bits per heavy atom. The van der Waals surface area contributed by atoms with Crippen LogP contribution in [-0.4, -0.2) is 67.1 Å². The third kappa shape index (κ3) is 48.9. The number of hydrogen-bond donors (Lipinski definition) is 0. The van der Waals surface area contributed by atoms with Crippen LogP contribution in [0.25, 0.3) is 0 Å². The number of halogens is 6. The molecular formula is C114H167F6N3O14. The van der Waals surface area contributed by atoms with Crippen LogP contribution in [0.1, 0.15) is 440 Å². The lowest BCUT2D eigenvalue weighted by atomic mass is 9.94. The summed E-state index contributed by atoms with van der Waals surface area (Å²) in [6.45, 7) is 67.5. The van der Waals surface area contributed by atoms with E-state index in [0.29, 0.717) is 77.3 Å². The molecule has 1 aliphatic carbocycles. The lowest BCUT2D eigenvalue weighted by molar-refractivity contribution is -0.137. The monoisotopic (exact) mass is 1920 g/mol. The van der Waals surface area contributed by atoms with Gasteiger partial charge in [0, 0.05) is 97.8 Å². The van der Waals surface area contributed by atoms with E-state index in [9.17, 15) is 45.5 Å². The third-order valence-electron chi connectivity index (χ3n) is 20.1. The molecule has 1 amide bonds. The molecule has 11 aromatic rings. The van der Waals surface area contributed by atoms with Crippen molar-refractivity contribution in [2.45, 2.75) is 340 Å². The molecule has 0 N–H and O–H groups in total. The molecule has 2 aromatic carbocycles. The van der Waals surface area contributed by atoms with Crippen LogP contribution in [0.5, 0.6) is 0 Å². The Balaban J connectivity index is -0.00000143. The predicted octanol–water partition coefficient (Wildman–Crippen LogP) is 35.7. The van der Waals surface area contributed by atoms with Crippen molar-refractivity contribution in [3.8, 4) is 6.07 Å². The van der Waals surface area contributed by atoms with E-state index in [1.165, 1.54) is 54.1 Å². The lowest BCUT2D eigenvalue weighted by Gasteiger charge is -2.14. The Morgan fingerprint density at radius 2 is 0.766 bits per heavy atom. The summed E-state index contributed by atoms with van der Waals surface area (Å²) in [6.07, 6.45) is -5.55. The van der Waals surface area contributed by atoms with Gasteiger partial charge in [0.15, 0.2) is 17.3 Å². The highest BCUT2D eigenvalue weighted by molar-refractivity contribution is 5.91. The number of esters is 2. The first kappa shape index (κ1) is 130. The molecule has 0 unspecified atom stereocenters. The van der Waals surface area contributed by atoms with E-state index in [0.717, 1.165) is 91.9 Å². The molecule has 1 aliphatic rings. The summed E-state index contributed by atoms with van der Waals surface area (Å²) in [5, 5.41) is 8.59. The second-order valence-electron chi connectivity index (χ2n) is 37.4. The maximum absolute atomic E-state index is 12.2. The number of benzene rings is 2. The highest BCUT2D eigenvalue weighted by Gasteiger charge is 2.36. The Bertz CT molecular complexity index is 5200. The number of amides is 1. The zero-order chi connectivity index (χ0) is 103.